The van der Waals surface area contributed by atoms with E-state index in [0.29, 0.717) is 25.7 Å². The van der Waals surface area contributed by atoms with Crippen molar-refractivity contribution in [2.75, 3.05) is 0 Å². The Balaban J connectivity index is 2.73. The SMILES string of the molecule is C#CCC(C)OC(=O)N(C1CCCCC1)C(F)(F)F. The predicted octanol–water partition coefficient (Wildman–Crippen LogP) is 3.69. The number of terminal acetylenes is 1. The maximum Gasteiger partial charge on any atom is 0.490 e. The summed E-state index contributed by atoms with van der Waals surface area (Å²) in [6.45, 7) is 1.48. The number of hydrogen-bond acceptors (Lipinski definition) is 2. The van der Waals surface area contributed by atoms with Gasteiger partial charge < -0.3 is 4.74 Å². The minimum Gasteiger partial charge on any atom is -0.445 e. The van der Waals surface area contributed by atoms with Gasteiger partial charge in [0.15, 0.2) is 0 Å². The molecular formula is C13H18F3NO2. The Bertz CT molecular complexity index is 343. The molecule has 108 valence electrons. The number of amides is 1. The molecule has 0 aromatic rings. The van der Waals surface area contributed by atoms with Gasteiger partial charge in [-0.1, -0.05) is 19.3 Å². The van der Waals surface area contributed by atoms with Gasteiger partial charge in [-0.2, -0.15) is 0 Å². The summed E-state index contributed by atoms with van der Waals surface area (Å²) in [6, 6.07) is -0.820. The molecule has 1 saturated carbocycles. The molecule has 1 aliphatic rings. The number of carbonyl (C=O) groups excluding carboxylic acids is 1. The number of halogens is 3. The molecule has 6 heteroatoms. The van der Waals surface area contributed by atoms with Gasteiger partial charge in [0.1, 0.15) is 6.10 Å². The Morgan fingerprint density at radius 1 is 1.42 bits per heavy atom. The summed E-state index contributed by atoms with van der Waals surface area (Å²) >= 11 is 0. The summed E-state index contributed by atoms with van der Waals surface area (Å²) in [7, 11) is 0. The highest BCUT2D eigenvalue weighted by atomic mass is 19.4. The lowest BCUT2D eigenvalue weighted by atomic mass is 9.94. The predicted molar refractivity (Wildman–Crippen MR) is 64.2 cm³/mol. The fraction of sp³-hybridized carbons (Fsp3) is 0.769. The van der Waals surface area contributed by atoms with Crippen molar-refractivity contribution >= 4 is 6.09 Å². The van der Waals surface area contributed by atoms with Crippen molar-refractivity contribution in [1.29, 1.82) is 0 Å². The first-order chi connectivity index (χ1) is 8.86. The number of hydrogen-bond donors (Lipinski definition) is 0. The zero-order chi connectivity index (χ0) is 14.5. The second kappa shape index (κ2) is 6.69. The van der Waals surface area contributed by atoms with Gasteiger partial charge in [0.25, 0.3) is 0 Å². The normalized spacial score (nSPS) is 18.5. The zero-order valence-electron chi connectivity index (χ0n) is 10.9. The highest BCUT2D eigenvalue weighted by Crippen LogP contribution is 2.32. The van der Waals surface area contributed by atoms with Gasteiger partial charge in [0.05, 0.1) is 0 Å². The first kappa shape index (κ1) is 15.7. The van der Waals surface area contributed by atoms with E-state index >= 15 is 0 Å². The lowest BCUT2D eigenvalue weighted by molar-refractivity contribution is -0.245. The van der Waals surface area contributed by atoms with Crippen molar-refractivity contribution in [3.05, 3.63) is 0 Å². The number of rotatable bonds is 3. The average Bonchev–Trinajstić information content (AvgIpc) is 2.28. The van der Waals surface area contributed by atoms with E-state index in [0.717, 1.165) is 6.42 Å². The van der Waals surface area contributed by atoms with Crippen LogP contribution in [0.1, 0.15) is 45.4 Å². The van der Waals surface area contributed by atoms with Crippen molar-refractivity contribution in [2.45, 2.75) is 63.9 Å². The quantitative estimate of drug-likeness (QED) is 0.581. The van der Waals surface area contributed by atoms with Crippen LogP contribution in [0.4, 0.5) is 18.0 Å². The molecule has 0 spiro atoms. The third-order valence-corrected chi connectivity index (χ3v) is 3.12. The van der Waals surface area contributed by atoms with E-state index in [9.17, 15) is 18.0 Å². The maximum atomic E-state index is 13.0. The lowest BCUT2D eigenvalue weighted by Crippen LogP contribution is -2.51. The van der Waals surface area contributed by atoms with Crippen LogP contribution in [0.15, 0.2) is 0 Å². The van der Waals surface area contributed by atoms with E-state index in [1.807, 2.05) is 0 Å². The van der Waals surface area contributed by atoms with E-state index < -0.39 is 24.5 Å². The van der Waals surface area contributed by atoms with Crippen molar-refractivity contribution in [2.24, 2.45) is 0 Å². The summed E-state index contributed by atoms with van der Waals surface area (Å²) in [4.78, 5) is 11.6. The molecule has 0 aliphatic heterocycles. The van der Waals surface area contributed by atoms with Crippen molar-refractivity contribution in [3.8, 4) is 12.3 Å². The van der Waals surface area contributed by atoms with Crippen LogP contribution in [0.2, 0.25) is 0 Å². The van der Waals surface area contributed by atoms with Gasteiger partial charge in [-0.3, -0.25) is 0 Å². The topological polar surface area (TPSA) is 29.5 Å². The van der Waals surface area contributed by atoms with E-state index in [-0.39, 0.29) is 11.3 Å². The van der Waals surface area contributed by atoms with Crippen LogP contribution in [-0.2, 0) is 4.74 Å². The summed E-state index contributed by atoms with van der Waals surface area (Å²) in [5, 5.41) is 0. The van der Waals surface area contributed by atoms with Crippen LogP contribution in [-0.4, -0.2) is 29.4 Å². The summed E-state index contributed by atoms with van der Waals surface area (Å²) in [5.74, 6) is 2.25. The van der Waals surface area contributed by atoms with Crippen molar-refractivity contribution in [3.63, 3.8) is 0 Å². The minimum atomic E-state index is -4.71. The maximum absolute atomic E-state index is 13.0. The number of carbonyl (C=O) groups is 1. The van der Waals surface area contributed by atoms with Crippen molar-refractivity contribution in [1.82, 2.24) is 4.90 Å². The van der Waals surface area contributed by atoms with Crippen LogP contribution in [0, 0.1) is 12.3 Å². The molecule has 1 rings (SSSR count). The van der Waals surface area contributed by atoms with Crippen LogP contribution in [0.5, 0.6) is 0 Å². The molecular weight excluding hydrogens is 259 g/mol. The molecule has 0 heterocycles. The molecule has 3 nitrogen and oxygen atoms in total. The molecule has 1 unspecified atom stereocenters. The van der Waals surface area contributed by atoms with Crippen molar-refractivity contribution < 1.29 is 22.7 Å². The third-order valence-electron chi connectivity index (χ3n) is 3.12. The molecule has 0 saturated heterocycles. The monoisotopic (exact) mass is 277 g/mol. The lowest BCUT2D eigenvalue weighted by Gasteiger charge is -2.35. The zero-order valence-corrected chi connectivity index (χ0v) is 10.9. The molecule has 0 bridgehead atoms. The Morgan fingerprint density at radius 2 is 2.00 bits per heavy atom. The van der Waals surface area contributed by atoms with E-state index in [1.165, 1.54) is 6.92 Å². The number of nitrogens with zero attached hydrogens (tertiary/aromatic N) is 1. The largest absolute Gasteiger partial charge is 0.490 e. The second-order valence-electron chi connectivity index (χ2n) is 4.73. The Labute approximate surface area is 111 Å². The van der Waals surface area contributed by atoms with Gasteiger partial charge in [-0.05, 0) is 19.8 Å². The minimum absolute atomic E-state index is 0.0841. The van der Waals surface area contributed by atoms with Gasteiger partial charge >= 0.3 is 12.4 Å². The van der Waals surface area contributed by atoms with Gasteiger partial charge in [-0.15, -0.1) is 25.5 Å². The van der Waals surface area contributed by atoms with Crippen LogP contribution in [0.25, 0.3) is 0 Å². The molecule has 0 aromatic heterocycles. The fourth-order valence-electron chi connectivity index (χ4n) is 2.24. The second-order valence-corrected chi connectivity index (χ2v) is 4.73. The van der Waals surface area contributed by atoms with Crippen LogP contribution >= 0.6 is 0 Å². The van der Waals surface area contributed by atoms with Gasteiger partial charge in [0, 0.05) is 12.5 Å². The smallest absolute Gasteiger partial charge is 0.445 e. The van der Waals surface area contributed by atoms with Crippen LogP contribution < -0.4 is 0 Å². The molecule has 0 aromatic carbocycles. The molecule has 1 aliphatic carbocycles. The Morgan fingerprint density at radius 3 is 2.47 bits per heavy atom. The molecule has 0 radical (unpaired) electrons. The molecule has 1 atom stereocenters. The number of ether oxygens (including phenoxy) is 1. The third kappa shape index (κ3) is 4.66. The highest BCUT2D eigenvalue weighted by Gasteiger charge is 2.47. The average molecular weight is 277 g/mol. The summed E-state index contributed by atoms with van der Waals surface area (Å²) < 4.78 is 43.7. The Kier molecular flexibility index (Phi) is 5.52. The molecule has 1 fully saturated rings. The first-order valence-corrected chi connectivity index (χ1v) is 6.36. The molecule has 0 N–H and O–H groups in total. The Hall–Kier alpha value is -1.38. The molecule has 19 heavy (non-hydrogen) atoms. The first-order valence-electron chi connectivity index (χ1n) is 6.36. The molecule has 1 amide bonds. The van der Waals surface area contributed by atoms with Crippen LogP contribution in [0.3, 0.4) is 0 Å². The van der Waals surface area contributed by atoms with E-state index in [4.69, 9.17) is 11.2 Å². The highest BCUT2D eigenvalue weighted by molar-refractivity contribution is 5.68. The fourth-order valence-corrected chi connectivity index (χ4v) is 2.24. The van der Waals surface area contributed by atoms with E-state index in [1.54, 1.807) is 0 Å². The summed E-state index contributed by atoms with van der Waals surface area (Å²) in [6.07, 6.45) is 1.38. The number of alkyl halides is 3. The standard InChI is InChI=1S/C13H18F3NO2/c1-3-7-10(2)19-12(18)17(13(14,15)16)11-8-5-4-6-9-11/h1,10-11H,4-9H2,2H3. The van der Waals surface area contributed by atoms with Gasteiger partial charge in [-0.25, -0.2) is 9.69 Å². The summed E-state index contributed by atoms with van der Waals surface area (Å²) in [5.41, 5.74) is 0. The van der Waals surface area contributed by atoms with Gasteiger partial charge in [0.2, 0.25) is 0 Å². The van der Waals surface area contributed by atoms with E-state index in [2.05, 4.69) is 5.92 Å².